The third kappa shape index (κ3) is 3.78. The normalized spacial score (nSPS) is 12.9. The zero-order valence-corrected chi connectivity index (χ0v) is 11.3. The summed E-state index contributed by atoms with van der Waals surface area (Å²) in [6.07, 6.45) is 4.23. The molecule has 0 spiro atoms. The van der Waals surface area contributed by atoms with Crippen molar-refractivity contribution in [2.45, 2.75) is 58.9 Å². The zero-order valence-electron chi connectivity index (χ0n) is 11.3. The summed E-state index contributed by atoms with van der Waals surface area (Å²) in [4.78, 5) is 10.9. The Morgan fingerprint density at radius 2 is 1.94 bits per heavy atom. The van der Waals surface area contributed by atoms with E-state index in [2.05, 4.69) is 29.4 Å². The summed E-state index contributed by atoms with van der Waals surface area (Å²) in [6.45, 7) is 6.28. The van der Waals surface area contributed by atoms with Gasteiger partial charge >= 0.3 is 5.97 Å². The van der Waals surface area contributed by atoms with Gasteiger partial charge in [-0.05, 0) is 23.3 Å². The topological polar surface area (TPSA) is 80.9 Å². The molecule has 6 nitrogen and oxygen atoms in total. The Hall–Kier alpha value is -1.46. The average Bonchev–Trinajstić information content (AvgIpc) is 2.76. The van der Waals surface area contributed by atoms with Crippen molar-refractivity contribution in [1.29, 1.82) is 0 Å². The van der Waals surface area contributed by atoms with Gasteiger partial charge in [-0.15, -0.1) is 5.10 Å². The largest absolute Gasteiger partial charge is 0.481 e. The van der Waals surface area contributed by atoms with Gasteiger partial charge in [-0.25, -0.2) is 4.68 Å². The van der Waals surface area contributed by atoms with Crippen LogP contribution in [0.4, 0.5) is 0 Å². The van der Waals surface area contributed by atoms with Gasteiger partial charge in [0, 0.05) is 5.92 Å². The highest BCUT2D eigenvalue weighted by Crippen LogP contribution is 2.24. The fraction of sp³-hybridized carbons (Fsp3) is 0.833. The second-order valence-corrected chi connectivity index (χ2v) is 4.73. The Kier molecular flexibility index (Phi) is 5.74. The Labute approximate surface area is 107 Å². The maximum absolute atomic E-state index is 10.9. The molecular formula is C12H22N4O2. The molecule has 0 aliphatic rings. The van der Waals surface area contributed by atoms with E-state index >= 15 is 0 Å². The number of hydrogen-bond acceptors (Lipinski definition) is 4. The molecule has 0 saturated heterocycles. The molecule has 0 radical (unpaired) electrons. The maximum Gasteiger partial charge on any atom is 0.308 e. The van der Waals surface area contributed by atoms with E-state index in [0.717, 1.165) is 31.5 Å². The monoisotopic (exact) mass is 254 g/mol. The Balaban J connectivity index is 2.81. The van der Waals surface area contributed by atoms with Crippen LogP contribution in [-0.4, -0.2) is 31.3 Å². The summed E-state index contributed by atoms with van der Waals surface area (Å²) in [5, 5.41) is 20.6. The smallest absolute Gasteiger partial charge is 0.308 e. The molecule has 0 aromatic carbocycles. The Morgan fingerprint density at radius 1 is 1.33 bits per heavy atom. The molecule has 102 valence electrons. The van der Waals surface area contributed by atoms with Crippen LogP contribution in [-0.2, 0) is 11.3 Å². The van der Waals surface area contributed by atoms with Crippen LogP contribution in [0.5, 0.6) is 0 Å². The lowest BCUT2D eigenvalue weighted by molar-refractivity contribution is -0.141. The van der Waals surface area contributed by atoms with Crippen molar-refractivity contribution >= 4 is 5.97 Å². The van der Waals surface area contributed by atoms with Crippen LogP contribution in [0, 0.1) is 5.92 Å². The molecule has 1 heterocycles. The first-order valence-corrected chi connectivity index (χ1v) is 6.58. The number of hydrogen-bond donors (Lipinski definition) is 1. The molecule has 1 atom stereocenters. The van der Waals surface area contributed by atoms with E-state index in [1.807, 2.05) is 0 Å². The van der Waals surface area contributed by atoms with E-state index < -0.39 is 11.9 Å². The molecule has 1 rings (SSSR count). The minimum Gasteiger partial charge on any atom is -0.481 e. The minimum absolute atomic E-state index is 0.330. The van der Waals surface area contributed by atoms with Crippen LogP contribution in [0.15, 0.2) is 0 Å². The first-order valence-electron chi connectivity index (χ1n) is 6.58. The average molecular weight is 254 g/mol. The molecule has 0 amide bonds. The first kappa shape index (κ1) is 14.6. The summed E-state index contributed by atoms with van der Waals surface area (Å²) in [5.41, 5.74) is 0. The van der Waals surface area contributed by atoms with Gasteiger partial charge in [0.25, 0.3) is 0 Å². The summed E-state index contributed by atoms with van der Waals surface area (Å²) >= 11 is 0. The van der Waals surface area contributed by atoms with E-state index in [9.17, 15) is 4.79 Å². The lowest BCUT2D eigenvalue weighted by atomic mass is 9.97. The first-order chi connectivity index (χ1) is 8.60. The van der Waals surface area contributed by atoms with Crippen LogP contribution in [0.2, 0.25) is 0 Å². The third-order valence-corrected chi connectivity index (χ3v) is 3.07. The van der Waals surface area contributed by atoms with Crippen LogP contribution in [0.1, 0.15) is 58.2 Å². The van der Waals surface area contributed by atoms with Gasteiger partial charge in [0.15, 0.2) is 5.82 Å². The summed E-state index contributed by atoms with van der Waals surface area (Å²) < 4.78 is 1.65. The second-order valence-electron chi connectivity index (χ2n) is 4.73. The molecule has 0 saturated carbocycles. The highest BCUT2D eigenvalue weighted by molar-refractivity contribution is 5.69. The van der Waals surface area contributed by atoms with Crippen molar-refractivity contribution in [3.05, 3.63) is 5.82 Å². The van der Waals surface area contributed by atoms with Crippen molar-refractivity contribution in [3.8, 4) is 0 Å². The molecule has 0 fully saturated rings. The van der Waals surface area contributed by atoms with Crippen molar-refractivity contribution in [2.75, 3.05) is 0 Å². The highest BCUT2D eigenvalue weighted by atomic mass is 16.4. The number of nitrogens with zero attached hydrogens (tertiary/aromatic N) is 4. The molecule has 0 aliphatic heterocycles. The van der Waals surface area contributed by atoms with E-state index in [4.69, 9.17) is 5.11 Å². The predicted octanol–water partition coefficient (Wildman–Crippen LogP) is 2.08. The van der Waals surface area contributed by atoms with Gasteiger partial charge in [-0.1, -0.05) is 33.6 Å². The molecule has 0 bridgehead atoms. The summed E-state index contributed by atoms with van der Waals surface area (Å²) in [7, 11) is 0. The summed E-state index contributed by atoms with van der Waals surface area (Å²) in [6, 6.07) is 0. The number of carboxylic acids is 1. The molecule has 6 heteroatoms. The van der Waals surface area contributed by atoms with Gasteiger partial charge in [0.2, 0.25) is 0 Å². The number of aromatic nitrogens is 4. The van der Waals surface area contributed by atoms with Crippen molar-refractivity contribution in [3.63, 3.8) is 0 Å². The van der Waals surface area contributed by atoms with Crippen LogP contribution >= 0.6 is 0 Å². The fourth-order valence-electron chi connectivity index (χ4n) is 2.07. The number of rotatable bonds is 8. The van der Waals surface area contributed by atoms with Crippen LogP contribution < -0.4 is 0 Å². The Bertz CT molecular complexity index is 372. The van der Waals surface area contributed by atoms with E-state index in [-0.39, 0.29) is 0 Å². The number of carbonyl (C=O) groups is 1. The van der Waals surface area contributed by atoms with Gasteiger partial charge in [-0.3, -0.25) is 4.79 Å². The summed E-state index contributed by atoms with van der Waals surface area (Å²) in [5.74, 6) is -0.141. The Morgan fingerprint density at radius 3 is 2.44 bits per heavy atom. The number of carboxylic acid groups (broad SMARTS) is 1. The quantitative estimate of drug-likeness (QED) is 0.768. The molecule has 0 aliphatic carbocycles. The number of tetrazole rings is 1. The molecular weight excluding hydrogens is 232 g/mol. The molecule has 1 N–H and O–H groups in total. The van der Waals surface area contributed by atoms with E-state index in [1.165, 1.54) is 0 Å². The van der Waals surface area contributed by atoms with Crippen molar-refractivity contribution in [1.82, 2.24) is 20.2 Å². The van der Waals surface area contributed by atoms with Crippen molar-refractivity contribution < 1.29 is 9.90 Å². The standard InChI is InChI=1S/C12H22N4O2/c1-4-6-10(7-5-2)11-13-14-15-16(11)8-9(3)12(17)18/h9-10H,4-8H2,1-3H3,(H,17,18). The van der Waals surface area contributed by atoms with E-state index in [1.54, 1.807) is 11.6 Å². The molecule has 1 aromatic rings. The van der Waals surface area contributed by atoms with Gasteiger partial charge in [-0.2, -0.15) is 0 Å². The highest BCUT2D eigenvalue weighted by Gasteiger charge is 2.20. The minimum atomic E-state index is -0.820. The van der Waals surface area contributed by atoms with E-state index in [0.29, 0.717) is 12.5 Å². The van der Waals surface area contributed by atoms with Crippen molar-refractivity contribution in [2.24, 2.45) is 5.92 Å². The SMILES string of the molecule is CCCC(CCC)c1nnnn1CC(C)C(=O)O. The lowest BCUT2D eigenvalue weighted by Gasteiger charge is -2.15. The second kappa shape index (κ2) is 7.08. The number of aliphatic carboxylic acids is 1. The lowest BCUT2D eigenvalue weighted by Crippen LogP contribution is -2.20. The van der Waals surface area contributed by atoms with Gasteiger partial charge < -0.3 is 5.11 Å². The zero-order chi connectivity index (χ0) is 13.5. The predicted molar refractivity (Wildman–Crippen MR) is 67.2 cm³/mol. The van der Waals surface area contributed by atoms with Crippen LogP contribution in [0.3, 0.4) is 0 Å². The molecule has 18 heavy (non-hydrogen) atoms. The molecule has 1 unspecified atom stereocenters. The third-order valence-electron chi connectivity index (χ3n) is 3.07. The molecule has 1 aromatic heterocycles. The maximum atomic E-state index is 10.9. The van der Waals surface area contributed by atoms with Gasteiger partial charge in [0.05, 0.1) is 12.5 Å². The van der Waals surface area contributed by atoms with Gasteiger partial charge in [0.1, 0.15) is 0 Å². The van der Waals surface area contributed by atoms with Crippen LogP contribution in [0.25, 0.3) is 0 Å². The fourth-order valence-corrected chi connectivity index (χ4v) is 2.07.